The number of carbonyl (C=O) groups is 1. The molecule has 102 valence electrons. The maximum absolute atomic E-state index is 12.1. The molecule has 7 heteroatoms. The molecule has 0 unspecified atom stereocenters. The fourth-order valence-electron chi connectivity index (χ4n) is 1.99. The van der Waals surface area contributed by atoms with Crippen molar-refractivity contribution in [3.05, 3.63) is 42.1 Å². The van der Waals surface area contributed by atoms with E-state index in [0.29, 0.717) is 18.8 Å². The minimum absolute atomic E-state index is 0.0882. The van der Waals surface area contributed by atoms with Gasteiger partial charge in [0.25, 0.3) is 5.91 Å². The summed E-state index contributed by atoms with van der Waals surface area (Å²) in [6.45, 7) is 3.10. The molecule has 0 spiro atoms. The second kappa shape index (κ2) is 5.20. The van der Waals surface area contributed by atoms with Gasteiger partial charge < -0.3 is 10.2 Å². The number of likely N-dealkylation sites (tertiary alicyclic amines) is 1. The monoisotopic (exact) mass is 270 g/mol. The number of nitrogens with one attached hydrogen (secondary N) is 1. The minimum Gasteiger partial charge on any atom is -0.362 e. The molecule has 2 aromatic rings. The molecule has 0 atom stereocenters. The van der Waals surface area contributed by atoms with Gasteiger partial charge in [0, 0.05) is 25.5 Å². The van der Waals surface area contributed by atoms with Crippen LogP contribution in [-0.2, 0) is 0 Å². The van der Waals surface area contributed by atoms with E-state index in [0.717, 1.165) is 11.5 Å². The minimum atomic E-state index is -0.0882. The van der Waals surface area contributed by atoms with Crippen LogP contribution < -0.4 is 5.32 Å². The van der Waals surface area contributed by atoms with Crippen LogP contribution in [-0.4, -0.2) is 50.1 Å². The molecular formula is C13H14N6O. The van der Waals surface area contributed by atoms with Gasteiger partial charge in [0.05, 0.1) is 17.9 Å². The highest BCUT2D eigenvalue weighted by Crippen LogP contribution is 2.15. The van der Waals surface area contributed by atoms with Crippen LogP contribution in [0.2, 0.25) is 0 Å². The summed E-state index contributed by atoms with van der Waals surface area (Å²) in [5.74, 6) is 0.634. The number of anilines is 1. The van der Waals surface area contributed by atoms with Gasteiger partial charge in [-0.1, -0.05) is 0 Å². The molecule has 0 radical (unpaired) electrons. The van der Waals surface area contributed by atoms with Crippen molar-refractivity contribution < 1.29 is 4.79 Å². The molecule has 1 aliphatic rings. The van der Waals surface area contributed by atoms with E-state index in [4.69, 9.17) is 0 Å². The maximum atomic E-state index is 12.1. The van der Waals surface area contributed by atoms with E-state index in [2.05, 4.69) is 25.5 Å². The molecule has 0 aliphatic carbocycles. The van der Waals surface area contributed by atoms with Crippen molar-refractivity contribution in [2.24, 2.45) is 0 Å². The normalized spacial score (nSPS) is 14.8. The first-order valence-electron chi connectivity index (χ1n) is 6.34. The molecule has 1 amide bonds. The number of aryl methyl sites for hydroxylation is 1. The smallest absolute Gasteiger partial charge is 0.274 e. The summed E-state index contributed by atoms with van der Waals surface area (Å²) < 4.78 is 0. The highest BCUT2D eigenvalue weighted by atomic mass is 16.2. The lowest BCUT2D eigenvalue weighted by Crippen LogP contribution is -2.57. The van der Waals surface area contributed by atoms with E-state index in [-0.39, 0.29) is 11.9 Å². The van der Waals surface area contributed by atoms with Crippen molar-refractivity contribution in [3.63, 3.8) is 0 Å². The Bertz CT molecular complexity index is 594. The Kier molecular flexibility index (Phi) is 3.24. The first-order valence-corrected chi connectivity index (χ1v) is 6.34. The van der Waals surface area contributed by atoms with Gasteiger partial charge >= 0.3 is 0 Å². The Morgan fingerprint density at radius 2 is 2.20 bits per heavy atom. The number of carbonyl (C=O) groups excluding carboxylic acids is 1. The van der Waals surface area contributed by atoms with Gasteiger partial charge in [0.2, 0.25) is 0 Å². The SMILES string of the molecule is Cc1cnc(C(=O)N2CC(Nc3cccnn3)C2)cn1. The van der Waals surface area contributed by atoms with E-state index in [9.17, 15) is 4.79 Å². The van der Waals surface area contributed by atoms with Crippen LogP contribution in [0.25, 0.3) is 0 Å². The molecule has 0 bridgehead atoms. The number of amides is 1. The van der Waals surface area contributed by atoms with Crippen LogP contribution in [0.15, 0.2) is 30.7 Å². The highest BCUT2D eigenvalue weighted by molar-refractivity contribution is 5.92. The summed E-state index contributed by atoms with van der Waals surface area (Å²) in [7, 11) is 0. The summed E-state index contributed by atoms with van der Waals surface area (Å²) in [5, 5.41) is 11.0. The standard InChI is InChI=1S/C13H14N6O/c1-9-5-15-11(6-14-9)13(20)19-7-10(8-19)17-12-3-2-4-16-18-12/h2-6,10H,7-8H2,1H3,(H,17,18). The molecule has 0 saturated carbocycles. The first-order chi connectivity index (χ1) is 9.72. The zero-order valence-electron chi connectivity index (χ0n) is 11.0. The summed E-state index contributed by atoms with van der Waals surface area (Å²) in [6.07, 6.45) is 4.74. The number of rotatable bonds is 3. The van der Waals surface area contributed by atoms with Crippen LogP contribution in [0, 0.1) is 6.92 Å². The predicted octanol–water partition coefficient (Wildman–Crippen LogP) is 0.512. The first kappa shape index (κ1) is 12.5. The third-order valence-corrected chi connectivity index (χ3v) is 3.09. The van der Waals surface area contributed by atoms with Gasteiger partial charge in [0.15, 0.2) is 0 Å². The molecule has 3 heterocycles. The Hall–Kier alpha value is -2.57. The van der Waals surface area contributed by atoms with E-state index in [1.807, 2.05) is 19.1 Å². The highest BCUT2D eigenvalue weighted by Gasteiger charge is 2.32. The topological polar surface area (TPSA) is 83.9 Å². The molecule has 1 aliphatic heterocycles. The largest absolute Gasteiger partial charge is 0.362 e. The second-order valence-electron chi connectivity index (χ2n) is 4.70. The second-order valence-corrected chi connectivity index (χ2v) is 4.70. The third-order valence-electron chi connectivity index (χ3n) is 3.09. The van der Waals surface area contributed by atoms with Crippen molar-refractivity contribution in [3.8, 4) is 0 Å². The summed E-state index contributed by atoms with van der Waals surface area (Å²) in [6, 6.07) is 3.87. The average molecular weight is 270 g/mol. The fraction of sp³-hybridized carbons (Fsp3) is 0.308. The fourth-order valence-corrected chi connectivity index (χ4v) is 1.99. The summed E-state index contributed by atoms with van der Waals surface area (Å²) in [5.41, 5.74) is 1.18. The lowest BCUT2D eigenvalue weighted by atomic mass is 10.1. The van der Waals surface area contributed by atoms with Gasteiger partial charge in [-0.3, -0.25) is 9.78 Å². The molecule has 2 aromatic heterocycles. The molecule has 7 nitrogen and oxygen atoms in total. The lowest BCUT2D eigenvalue weighted by molar-refractivity contribution is 0.0618. The molecule has 0 aromatic carbocycles. The number of nitrogens with zero attached hydrogens (tertiary/aromatic N) is 5. The van der Waals surface area contributed by atoms with E-state index in [1.54, 1.807) is 17.3 Å². The van der Waals surface area contributed by atoms with E-state index >= 15 is 0 Å². The lowest BCUT2D eigenvalue weighted by Gasteiger charge is -2.39. The number of aromatic nitrogens is 4. The van der Waals surface area contributed by atoms with Crippen molar-refractivity contribution in [2.45, 2.75) is 13.0 Å². The van der Waals surface area contributed by atoms with Crippen LogP contribution in [0.4, 0.5) is 5.82 Å². The van der Waals surface area contributed by atoms with E-state index in [1.165, 1.54) is 6.20 Å². The third kappa shape index (κ3) is 2.56. The Labute approximate surface area is 116 Å². The molecule has 20 heavy (non-hydrogen) atoms. The van der Waals surface area contributed by atoms with Crippen molar-refractivity contribution >= 4 is 11.7 Å². The Morgan fingerprint density at radius 1 is 1.35 bits per heavy atom. The van der Waals surface area contributed by atoms with Crippen molar-refractivity contribution in [1.82, 2.24) is 25.1 Å². The summed E-state index contributed by atoms with van der Waals surface area (Å²) >= 11 is 0. The Morgan fingerprint density at radius 3 is 2.85 bits per heavy atom. The van der Waals surface area contributed by atoms with Gasteiger partial charge in [-0.2, -0.15) is 5.10 Å². The van der Waals surface area contributed by atoms with Crippen LogP contribution in [0.3, 0.4) is 0 Å². The van der Waals surface area contributed by atoms with Crippen molar-refractivity contribution in [2.75, 3.05) is 18.4 Å². The molecular weight excluding hydrogens is 256 g/mol. The van der Waals surface area contributed by atoms with Crippen LogP contribution in [0.5, 0.6) is 0 Å². The average Bonchev–Trinajstić information content (AvgIpc) is 2.44. The molecule has 1 saturated heterocycles. The van der Waals surface area contributed by atoms with Gasteiger partial charge in [-0.15, -0.1) is 5.10 Å². The van der Waals surface area contributed by atoms with Crippen molar-refractivity contribution in [1.29, 1.82) is 0 Å². The zero-order chi connectivity index (χ0) is 13.9. The van der Waals surface area contributed by atoms with Gasteiger partial charge in [-0.05, 0) is 19.1 Å². The molecule has 1 fully saturated rings. The van der Waals surface area contributed by atoms with Crippen LogP contribution in [0.1, 0.15) is 16.2 Å². The summed E-state index contributed by atoms with van der Waals surface area (Å²) in [4.78, 5) is 22.0. The molecule has 3 rings (SSSR count). The molecule has 1 N–H and O–H groups in total. The van der Waals surface area contributed by atoms with Gasteiger partial charge in [-0.25, -0.2) is 4.98 Å². The van der Waals surface area contributed by atoms with Crippen LogP contribution >= 0.6 is 0 Å². The predicted molar refractivity (Wildman–Crippen MR) is 72.1 cm³/mol. The number of hydrogen-bond acceptors (Lipinski definition) is 6. The number of hydrogen-bond donors (Lipinski definition) is 1. The zero-order valence-corrected chi connectivity index (χ0v) is 11.0. The van der Waals surface area contributed by atoms with E-state index < -0.39 is 0 Å². The van der Waals surface area contributed by atoms with Gasteiger partial charge in [0.1, 0.15) is 11.5 Å². The Balaban J connectivity index is 1.55. The maximum Gasteiger partial charge on any atom is 0.274 e. The quantitative estimate of drug-likeness (QED) is 0.875.